The zero-order valence-electron chi connectivity index (χ0n) is 14.1. The number of likely N-dealkylation sites (tertiary alicyclic amines) is 1. The van der Waals surface area contributed by atoms with Crippen molar-refractivity contribution in [1.29, 1.82) is 0 Å². The van der Waals surface area contributed by atoms with Crippen LogP contribution in [0.4, 0.5) is 0 Å². The van der Waals surface area contributed by atoms with Gasteiger partial charge in [0.15, 0.2) is 0 Å². The second-order valence-electron chi connectivity index (χ2n) is 7.33. The van der Waals surface area contributed by atoms with Gasteiger partial charge in [0.1, 0.15) is 0 Å². The van der Waals surface area contributed by atoms with Crippen LogP contribution in [-0.2, 0) is 22.7 Å². The van der Waals surface area contributed by atoms with Gasteiger partial charge >= 0.3 is 0 Å². The van der Waals surface area contributed by atoms with Gasteiger partial charge in [-0.3, -0.25) is 9.59 Å². The van der Waals surface area contributed by atoms with Crippen molar-refractivity contribution in [3.63, 3.8) is 0 Å². The van der Waals surface area contributed by atoms with Crippen LogP contribution in [0.25, 0.3) is 0 Å². The molecule has 0 radical (unpaired) electrons. The number of aryl methyl sites for hydroxylation is 1. The van der Waals surface area contributed by atoms with E-state index in [0.717, 1.165) is 31.6 Å². The molecule has 0 unspecified atom stereocenters. The van der Waals surface area contributed by atoms with Crippen LogP contribution in [0.15, 0.2) is 12.5 Å². The van der Waals surface area contributed by atoms with E-state index in [1.165, 1.54) is 0 Å². The molecule has 24 heavy (non-hydrogen) atoms. The second kappa shape index (κ2) is 5.88. The Morgan fingerprint density at radius 3 is 3.04 bits per heavy atom. The summed E-state index contributed by atoms with van der Waals surface area (Å²) < 4.78 is 2.03. The van der Waals surface area contributed by atoms with Crippen molar-refractivity contribution in [2.45, 2.75) is 32.9 Å². The molecule has 1 saturated carbocycles. The van der Waals surface area contributed by atoms with Gasteiger partial charge in [-0.2, -0.15) is 0 Å². The van der Waals surface area contributed by atoms with Gasteiger partial charge in [-0.15, -0.1) is 0 Å². The van der Waals surface area contributed by atoms with E-state index in [9.17, 15) is 9.59 Å². The molecule has 2 saturated heterocycles. The molecule has 130 valence electrons. The number of nitrogens with one attached hydrogen (secondary N) is 2. The molecule has 7 nitrogen and oxygen atoms in total. The molecule has 0 bridgehead atoms. The van der Waals surface area contributed by atoms with Crippen LogP contribution in [0.2, 0.25) is 0 Å². The van der Waals surface area contributed by atoms with Crippen LogP contribution in [-0.4, -0.2) is 52.4 Å². The first kappa shape index (κ1) is 15.6. The third-order valence-electron chi connectivity index (χ3n) is 5.79. The molecule has 1 aromatic heterocycles. The fourth-order valence-corrected chi connectivity index (χ4v) is 4.13. The van der Waals surface area contributed by atoms with Gasteiger partial charge in [0, 0.05) is 50.8 Å². The number of carbonyl (C=O) groups is 2. The van der Waals surface area contributed by atoms with E-state index in [1.54, 1.807) is 12.5 Å². The lowest BCUT2D eigenvalue weighted by molar-refractivity contribution is -0.134. The molecule has 7 heteroatoms. The largest absolute Gasteiger partial charge is 0.350 e. The Kier molecular flexibility index (Phi) is 3.83. The maximum absolute atomic E-state index is 13.0. The van der Waals surface area contributed by atoms with Gasteiger partial charge in [0.05, 0.1) is 24.0 Å². The topological polar surface area (TPSA) is 79.3 Å². The molecule has 0 spiro atoms. The van der Waals surface area contributed by atoms with Crippen LogP contribution < -0.4 is 10.6 Å². The standard InChI is InChI=1S/C17H25N5O2/c1-2-21-11-19-6-14(21)7-20-16(24)17-9-18-5-13(17)8-22(10-17)15(23)12-3-4-12/h6,11-13,18H,2-5,7-10H2,1H3,(H,20,24)/t13-,17-/m1/s1. The van der Waals surface area contributed by atoms with Crippen molar-refractivity contribution < 1.29 is 9.59 Å². The van der Waals surface area contributed by atoms with Crippen LogP contribution in [0, 0.1) is 17.3 Å². The van der Waals surface area contributed by atoms with E-state index in [4.69, 9.17) is 0 Å². The SMILES string of the molecule is CCn1cncc1CNC(=O)[C@@]12CNC[C@@H]1CN(C(=O)C1CC1)C2. The van der Waals surface area contributed by atoms with Gasteiger partial charge < -0.3 is 20.1 Å². The minimum absolute atomic E-state index is 0.0625. The number of hydrogen-bond donors (Lipinski definition) is 2. The molecule has 2 aliphatic heterocycles. The summed E-state index contributed by atoms with van der Waals surface area (Å²) in [6, 6.07) is 0. The molecule has 3 aliphatic rings. The van der Waals surface area contributed by atoms with E-state index in [2.05, 4.69) is 22.5 Å². The number of carbonyl (C=O) groups excluding carboxylic acids is 2. The molecule has 3 heterocycles. The minimum Gasteiger partial charge on any atom is -0.350 e. The molecule has 0 aromatic carbocycles. The number of nitrogens with zero attached hydrogens (tertiary/aromatic N) is 3. The number of imidazole rings is 1. The van der Waals surface area contributed by atoms with E-state index in [1.807, 2.05) is 9.47 Å². The number of rotatable bonds is 5. The van der Waals surface area contributed by atoms with Gasteiger partial charge in [0.25, 0.3) is 0 Å². The first-order chi connectivity index (χ1) is 11.6. The Morgan fingerprint density at radius 2 is 2.29 bits per heavy atom. The zero-order valence-corrected chi connectivity index (χ0v) is 14.1. The second-order valence-corrected chi connectivity index (χ2v) is 7.33. The van der Waals surface area contributed by atoms with E-state index >= 15 is 0 Å². The minimum atomic E-state index is -0.471. The van der Waals surface area contributed by atoms with Crippen LogP contribution >= 0.6 is 0 Å². The predicted molar refractivity (Wildman–Crippen MR) is 87.8 cm³/mol. The van der Waals surface area contributed by atoms with Crippen LogP contribution in [0.5, 0.6) is 0 Å². The third kappa shape index (κ3) is 2.51. The maximum Gasteiger partial charge on any atom is 0.230 e. The summed E-state index contributed by atoms with van der Waals surface area (Å²) in [5, 5.41) is 6.44. The number of fused-ring (bicyclic) bond motifs is 1. The monoisotopic (exact) mass is 331 g/mol. The molecule has 2 amide bonds. The average molecular weight is 331 g/mol. The number of amides is 2. The Hall–Kier alpha value is -1.89. The highest BCUT2D eigenvalue weighted by Crippen LogP contribution is 2.42. The van der Waals surface area contributed by atoms with E-state index in [-0.39, 0.29) is 23.7 Å². The molecular formula is C17H25N5O2. The summed E-state index contributed by atoms with van der Waals surface area (Å²) in [6.07, 6.45) is 5.60. The summed E-state index contributed by atoms with van der Waals surface area (Å²) in [5.74, 6) is 0.750. The van der Waals surface area contributed by atoms with Crippen molar-refractivity contribution in [3.05, 3.63) is 18.2 Å². The Labute approximate surface area is 141 Å². The normalized spacial score (nSPS) is 28.9. The lowest BCUT2D eigenvalue weighted by atomic mass is 9.80. The summed E-state index contributed by atoms with van der Waals surface area (Å²) in [6.45, 7) is 6.12. The average Bonchev–Trinajstić information content (AvgIpc) is 3.04. The molecule has 1 aromatic rings. The summed E-state index contributed by atoms with van der Waals surface area (Å²) >= 11 is 0. The van der Waals surface area contributed by atoms with Crippen molar-refractivity contribution >= 4 is 11.8 Å². The van der Waals surface area contributed by atoms with Crippen LogP contribution in [0.1, 0.15) is 25.5 Å². The molecule has 3 fully saturated rings. The molecule has 2 atom stereocenters. The number of hydrogen-bond acceptors (Lipinski definition) is 4. The summed E-state index contributed by atoms with van der Waals surface area (Å²) in [7, 11) is 0. The zero-order chi connectivity index (χ0) is 16.7. The first-order valence-electron chi connectivity index (χ1n) is 8.91. The smallest absolute Gasteiger partial charge is 0.230 e. The van der Waals surface area contributed by atoms with E-state index in [0.29, 0.717) is 26.2 Å². The Bertz CT molecular complexity index is 653. The highest BCUT2D eigenvalue weighted by atomic mass is 16.2. The van der Waals surface area contributed by atoms with E-state index < -0.39 is 5.41 Å². The maximum atomic E-state index is 13.0. The molecule has 4 rings (SSSR count). The van der Waals surface area contributed by atoms with Crippen molar-refractivity contribution in [2.24, 2.45) is 17.3 Å². The number of aromatic nitrogens is 2. The highest BCUT2D eigenvalue weighted by molar-refractivity contribution is 5.87. The third-order valence-corrected chi connectivity index (χ3v) is 5.79. The fourth-order valence-electron chi connectivity index (χ4n) is 4.13. The van der Waals surface area contributed by atoms with Gasteiger partial charge in [-0.1, -0.05) is 0 Å². The van der Waals surface area contributed by atoms with Crippen molar-refractivity contribution in [1.82, 2.24) is 25.1 Å². The Balaban J connectivity index is 1.44. The Morgan fingerprint density at radius 1 is 1.46 bits per heavy atom. The summed E-state index contributed by atoms with van der Waals surface area (Å²) in [5.41, 5.74) is 0.537. The fraction of sp³-hybridized carbons (Fsp3) is 0.706. The highest BCUT2D eigenvalue weighted by Gasteiger charge is 2.56. The van der Waals surface area contributed by atoms with Gasteiger partial charge in [-0.25, -0.2) is 4.98 Å². The summed E-state index contributed by atoms with van der Waals surface area (Å²) in [4.78, 5) is 31.4. The predicted octanol–water partition coefficient (Wildman–Crippen LogP) is -0.0228. The lowest BCUT2D eigenvalue weighted by Gasteiger charge is -2.26. The molecular weight excluding hydrogens is 306 g/mol. The van der Waals surface area contributed by atoms with Gasteiger partial charge in [-0.05, 0) is 19.8 Å². The van der Waals surface area contributed by atoms with Crippen LogP contribution in [0.3, 0.4) is 0 Å². The quantitative estimate of drug-likeness (QED) is 0.795. The first-order valence-corrected chi connectivity index (χ1v) is 8.91. The molecule has 2 N–H and O–H groups in total. The van der Waals surface area contributed by atoms with Gasteiger partial charge in [0.2, 0.25) is 11.8 Å². The lowest BCUT2D eigenvalue weighted by Crippen LogP contribution is -2.47. The van der Waals surface area contributed by atoms with Crippen molar-refractivity contribution in [3.8, 4) is 0 Å². The van der Waals surface area contributed by atoms with Crippen molar-refractivity contribution in [2.75, 3.05) is 26.2 Å². The molecule has 1 aliphatic carbocycles.